The monoisotopic (exact) mass is 452 g/mol. The molecule has 0 radical (unpaired) electrons. The van der Waals surface area contributed by atoms with Gasteiger partial charge in [0.15, 0.2) is 0 Å². The average Bonchev–Trinajstić information content (AvgIpc) is 3.22. The summed E-state index contributed by atoms with van der Waals surface area (Å²) in [5.41, 5.74) is 0.745. The predicted octanol–water partition coefficient (Wildman–Crippen LogP) is 4.09. The molecule has 3 aromatic rings. The van der Waals surface area contributed by atoms with Crippen molar-refractivity contribution >= 4 is 39.1 Å². The number of hydrogen-bond acceptors (Lipinski definition) is 4. The first-order valence-corrected chi connectivity index (χ1v) is 10.8. The van der Waals surface area contributed by atoms with Crippen LogP contribution in [0.25, 0.3) is 0 Å². The highest BCUT2D eigenvalue weighted by atomic mass is 35.5. The van der Waals surface area contributed by atoms with Gasteiger partial charge in [0.25, 0.3) is 0 Å². The third-order valence-corrected chi connectivity index (χ3v) is 6.62. The average molecular weight is 453 g/mol. The van der Waals surface area contributed by atoms with Crippen molar-refractivity contribution in [1.29, 1.82) is 0 Å². The fourth-order valence-electron chi connectivity index (χ4n) is 2.61. The van der Waals surface area contributed by atoms with E-state index in [2.05, 4.69) is 5.32 Å². The highest BCUT2D eigenvalue weighted by molar-refractivity contribution is 7.89. The third-order valence-electron chi connectivity index (χ3n) is 4.09. The number of nitrogens with one attached hydrogen (secondary N) is 1. The van der Waals surface area contributed by atoms with Gasteiger partial charge in [-0.25, -0.2) is 8.42 Å². The molecule has 1 amide bonds. The normalized spacial score (nSPS) is 11.6. The lowest BCUT2D eigenvalue weighted by molar-refractivity contribution is -0.121. The molecule has 0 saturated carbocycles. The zero-order valence-electron chi connectivity index (χ0n) is 15.2. The molecule has 1 heterocycles. The van der Waals surface area contributed by atoms with Gasteiger partial charge in [0, 0.05) is 6.54 Å². The number of halogens is 2. The number of sulfonamides is 1. The molecule has 0 aliphatic rings. The first-order valence-electron chi connectivity index (χ1n) is 8.64. The van der Waals surface area contributed by atoms with Crippen LogP contribution in [0.5, 0.6) is 0 Å². The fourth-order valence-corrected chi connectivity index (χ4v) is 4.39. The molecule has 1 aromatic heterocycles. The second kappa shape index (κ2) is 9.45. The predicted molar refractivity (Wildman–Crippen MR) is 111 cm³/mol. The lowest BCUT2D eigenvalue weighted by atomic mass is 10.2. The van der Waals surface area contributed by atoms with E-state index in [1.54, 1.807) is 36.4 Å². The van der Waals surface area contributed by atoms with E-state index in [4.69, 9.17) is 27.6 Å². The molecule has 29 heavy (non-hydrogen) atoms. The molecule has 0 saturated heterocycles. The maximum atomic E-state index is 13.2. The minimum Gasteiger partial charge on any atom is -0.467 e. The number of hydrogen-bond donors (Lipinski definition) is 1. The first-order chi connectivity index (χ1) is 13.9. The summed E-state index contributed by atoms with van der Waals surface area (Å²) in [6.07, 6.45) is 1.50. The van der Waals surface area contributed by atoms with E-state index in [9.17, 15) is 13.2 Å². The minimum atomic E-state index is -4.00. The molecule has 0 bridgehead atoms. The standard InChI is InChI=1S/C20H18Cl2N2O4S/c21-18-9-8-17(11-19(18)22)29(26,27)24(13-15-5-2-1-3-6-15)14-20(25)23-12-16-7-4-10-28-16/h1-11H,12-14H2,(H,23,25). The first kappa shape index (κ1) is 21.4. The van der Waals surface area contributed by atoms with Crippen molar-refractivity contribution < 1.29 is 17.6 Å². The summed E-state index contributed by atoms with van der Waals surface area (Å²) in [6, 6.07) is 16.5. The van der Waals surface area contributed by atoms with E-state index >= 15 is 0 Å². The molecular formula is C20H18Cl2N2O4S. The Morgan fingerprint density at radius 1 is 1.00 bits per heavy atom. The van der Waals surface area contributed by atoms with Gasteiger partial charge in [0.1, 0.15) is 5.76 Å². The molecule has 1 N–H and O–H groups in total. The smallest absolute Gasteiger partial charge is 0.243 e. The van der Waals surface area contributed by atoms with E-state index in [-0.39, 0.29) is 34.6 Å². The number of carbonyl (C=O) groups excluding carboxylic acids is 1. The Morgan fingerprint density at radius 2 is 1.76 bits per heavy atom. The van der Waals surface area contributed by atoms with Crippen LogP contribution in [0.2, 0.25) is 10.0 Å². The van der Waals surface area contributed by atoms with Gasteiger partial charge < -0.3 is 9.73 Å². The minimum absolute atomic E-state index is 0.0254. The molecule has 3 rings (SSSR count). The fraction of sp³-hybridized carbons (Fsp3) is 0.150. The van der Waals surface area contributed by atoms with Crippen LogP contribution in [0, 0.1) is 0 Å². The lowest BCUT2D eigenvalue weighted by Gasteiger charge is -2.22. The number of furan rings is 1. The summed E-state index contributed by atoms with van der Waals surface area (Å²) < 4.78 is 32.7. The zero-order valence-corrected chi connectivity index (χ0v) is 17.5. The third kappa shape index (κ3) is 5.61. The van der Waals surface area contributed by atoms with Crippen molar-refractivity contribution in [1.82, 2.24) is 9.62 Å². The topological polar surface area (TPSA) is 79.6 Å². The van der Waals surface area contributed by atoms with Crippen LogP contribution in [0.15, 0.2) is 76.2 Å². The SMILES string of the molecule is O=C(CN(Cc1ccccc1)S(=O)(=O)c1ccc(Cl)c(Cl)c1)NCc1ccco1. The zero-order chi connectivity index (χ0) is 20.9. The van der Waals surface area contributed by atoms with Crippen LogP contribution in [0.4, 0.5) is 0 Å². The van der Waals surface area contributed by atoms with Crippen LogP contribution in [0.3, 0.4) is 0 Å². The number of benzene rings is 2. The Morgan fingerprint density at radius 3 is 2.41 bits per heavy atom. The largest absolute Gasteiger partial charge is 0.467 e. The highest BCUT2D eigenvalue weighted by Crippen LogP contribution is 2.27. The Kier molecular flexibility index (Phi) is 6.97. The van der Waals surface area contributed by atoms with Gasteiger partial charge in [-0.05, 0) is 35.9 Å². The number of nitrogens with zero attached hydrogens (tertiary/aromatic N) is 1. The van der Waals surface area contributed by atoms with Crippen molar-refractivity contribution in [2.45, 2.75) is 18.0 Å². The lowest BCUT2D eigenvalue weighted by Crippen LogP contribution is -2.40. The Balaban J connectivity index is 1.83. The Bertz CT molecular complexity index is 1070. The van der Waals surface area contributed by atoms with Gasteiger partial charge in [-0.1, -0.05) is 53.5 Å². The molecule has 0 aliphatic heterocycles. The van der Waals surface area contributed by atoms with Crippen molar-refractivity contribution in [2.75, 3.05) is 6.54 Å². The maximum Gasteiger partial charge on any atom is 0.243 e. The molecule has 0 aliphatic carbocycles. The second-order valence-corrected chi connectivity index (χ2v) is 8.94. The summed E-state index contributed by atoms with van der Waals surface area (Å²) in [5, 5.41) is 3.03. The summed E-state index contributed by atoms with van der Waals surface area (Å²) in [5.74, 6) is 0.112. The number of rotatable bonds is 8. The number of carbonyl (C=O) groups is 1. The van der Waals surface area contributed by atoms with Crippen molar-refractivity contribution in [3.05, 3.63) is 88.3 Å². The van der Waals surface area contributed by atoms with Gasteiger partial charge >= 0.3 is 0 Å². The van der Waals surface area contributed by atoms with Crippen LogP contribution in [-0.4, -0.2) is 25.2 Å². The van der Waals surface area contributed by atoms with E-state index in [1.807, 2.05) is 6.07 Å². The van der Waals surface area contributed by atoms with Gasteiger partial charge in [0.05, 0.1) is 34.3 Å². The van der Waals surface area contributed by atoms with E-state index in [0.29, 0.717) is 5.76 Å². The van der Waals surface area contributed by atoms with E-state index in [0.717, 1.165) is 9.87 Å². The van der Waals surface area contributed by atoms with Crippen LogP contribution in [0.1, 0.15) is 11.3 Å². The molecule has 0 fully saturated rings. The van der Waals surface area contributed by atoms with E-state index < -0.39 is 15.9 Å². The molecular weight excluding hydrogens is 435 g/mol. The summed E-state index contributed by atoms with van der Waals surface area (Å²) >= 11 is 11.9. The molecule has 152 valence electrons. The van der Waals surface area contributed by atoms with Crippen molar-refractivity contribution in [3.63, 3.8) is 0 Å². The van der Waals surface area contributed by atoms with E-state index in [1.165, 1.54) is 24.5 Å². The molecule has 9 heteroatoms. The quantitative estimate of drug-likeness (QED) is 0.557. The molecule has 2 aromatic carbocycles. The Hall–Kier alpha value is -2.32. The molecule has 6 nitrogen and oxygen atoms in total. The number of amides is 1. The van der Waals surface area contributed by atoms with Crippen molar-refractivity contribution in [2.24, 2.45) is 0 Å². The van der Waals surface area contributed by atoms with Gasteiger partial charge in [-0.15, -0.1) is 0 Å². The summed E-state index contributed by atoms with van der Waals surface area (Å²) in [6.45, 7) is -0.173. The highest BCUT2D eigenvalue weighted by Gasteiger charge is 2.27. The van der Waals surface area contributed by atoms with Crippen LogP contribution >= 0.6 is 23.2 Å². The summed E-state index contributed by atoms with van der Waals surface area (Å²) in [7, 11) is -4.00. The molecule has 0 unspecified atom stereocenters. The van der Waals surface area contributed by atoms with Gasteiger partial charge in [0.2, 0.25) is 15.9 Å². The van der Waals surface area contributed by atoms with Crippen molar-refractivity contribution in [3.8, 4) is 0 Å². The molecule has 0 atom stereocenters. The van der Waals surface area contributed by atoms with Crippen LogP contribution < -0.4 is 5.32 Å². The molecule has 0 spiro atoms. The van der Waals surface area contributed by atoms with Gasteiger partial charge in [-0.3, -0.25) is 4.79 Å². The second-order valence-electron chi connectivity index (χ2n) is 6.19. The summed E-state index contributed by atoms with van der Waals surface area (Å²) in [4.78, 5) is 12.4. The maximum absolute atomic E-state index is 13.2. The van der Waals surface area contributed by atoms with Crippen LogP contribution in [-0.2, 0) is 27.9 Å². The van der Waals surface area contributed by atoms with Gasteiger partial charge in [-0.2, -0.15) is 4.31 Å². The Labute approximate surface area is 179 Å².